The summed E-state index contributed by atoms with van der Waals surface area (Å²) >= 11 is 0. The van der Waals surface area contributed by atoms with Crippen molar-refractivity contribution in [2.45, 2.75) is 25.9 Å². The topological polar surface area (TPSA) is 48.8 Å². The van der Waals surface area contributed by atoms with Gasteiger partial charge in [0.1, 0.15) is 0 Å². The van der Waals surface area contributed by atoms with E-state index in [1.807, 2.05) is 14.1 Å². The average molecular weight is 245 g/mol. The van der Waals surface area contributed by atoms with Crippen molar-refractivity contribution in [3.63, 3.8) is 0 Å². The quantitative estimate of drug-likeness (QED) is 0.697. The van der Waals surface area contributed by atoms with Crippen molar-refractivity contribution in [3.8, 4) is 0 Å². The van der Waals surface area contributed by atoms with Gasteiger partial charge < -0.3 is 10.6 Å². The zero-order valence-electron chi connectivity index (χ0n) is 9.28. The lowest BCUT2D eigenvalue weighted by molar-refractivity contribution is 0.574. The van der Waals surface area contributed by atoms with E-state index in [4.69, 9.17) is 0 Å². The maximum absolute atomic E-state index is 4.05. The van der Waals surface area contributed by atoms with Crippen molar-refractivity contribution in [2.24, 2.45) is 10.2 Å². The Morgan fingerprint density at radius 3 is 1.36 bits per heavy atom. The lowest BCUT2D eigenvalue weighted by Gasteiger charge is -2.06. The summed E-state index contributed by atoms with van der Waals surface area (Å²) in [7, 11) is 3.85. The number of hydrogen-bond acceptors (Lipinski definition) is 4. The highest BCUT2D eigenvalue weighted by Gasteiger charge is 1.96. The van der Waals surface area contributed by atoms with Crippen molar-refractivity contribution in [3.05, 3.63) is 0 Å². The second-order valence-corrected chi connectivity index (χ2v) is 3.03. The van der Waals surface area contributed by atoms with E-state index in [1.54, 1.807) is 0 Å². The molecule has 0 aromatic heterocycles. The number of likely N-dealkylation sites (N-methyl/N-ethyl adjacent to an activating group) is 2. The fourth-order valence-corrected chi connectivity index (χ4v) is 0.543. The van der Waals surface area contributed by atoms with E-state index in [-0.39, 0.29) is 24.8 Å². The highest BCUT2D eigenvalue weighted by molar-refractivity contribution is 5.85. The maximum atomic E-state index is 4.05. The molecule has 0 aromatic rings. The molecule has 6 heteroatoms. The molecule has 0 aromatic carbocycles. The molecule has 0 saturated carbocycles. The van der Waals surface area contributed by atoms with Crippen LogP contribution in [0, 0.1) is 0 Å². The van der Waals surface area contributed by atoms with Gasteiger partial charge in [0.25, 0.3) is 0 Å². The van der Waals surface area contributed by atoms with Crippen LogP contribution in [-0.2, 0) is 0 Å². The normalized spacial score (nSPS) is 14.3. The lowest BCUT2D eigenvalue weighted by atomic mass is 10.3. The first-order valence-corrected chi connectivity index (χ1v) is 4.38. The van der Waals surface area contributed by atoms with E-state index < -0.39 is 0 Å². The van der Waals surface area contributed by atoms with Crippen LogP contribution < -0.4 is 10.6 Å². The van der Waals surface area contributed by atoms with Gasteiger partial charge in [-0.05, 0) is 27.9 Å². The summed E-state index contributed by atoms with van der Waals surface area (Å²) < 4.78 is 0. The molecule has 0 spiro atoms. The van der Waals surface area contributed by atoms with Crippen LogP contribution in [0.15, 0.2) is 10.2 Å². The Hall–Kier alpha value is 0.1000. The molecule has 0 aliphatic heterocycles. The van der Waals surface area contributed by atoms with Crippen molar-refractivity contribution < 1.29 is 0 Å². The molecule has 0 aliphatic rings. The van der Waals surface area contributed by atoms with Gasteiger partial charge in [0.2, 0.25) is 0 Å². The fraction of sp³-hybridized carbons (Fsp3) is 1.00. The summed E-state index contributed by atoms with van der Waals surface area (Å²) in [6, 6.07) is 0.831. The van der Waals surface area contributed by atoms with Crippen LogP contribution >= 0.6 is 24.8 Å². The van der Waals surface area contributed by atoms with Gasteiger partial charge in [-0.1, -0.05) is 0 Å². The van der Waals surface area contributed by atoms with Crippen molar-refractivity contribution in [2.75, 3.05) is 27.2 Å². The Labute approximate surface area is 99.1 Å². The molecule has 2 N–H and O–H groups in total. The van der Waals surface area contributed by atoms with Gasteiger partial charge in [0.05, 0.1) is 13.1 Å². The highest BCUT2D eigenvalue weighted by Crippen LogP contribution is 1.86. The number of nitrogens with zero attached hydrogens (tertiary/aromatic N) is 2. The molecule has 88 valence electrons. The number of rotatable bonds is 6. The van der Waals surface area contributed by atoms with Crippen LogP contribution in [-0.4, -0.2) is 39.3 Å². The number of halogens is 2. The van der Waals surface area contributed by atoms with E-state index >= 15 is 0 Å². The SMILES string of the molecule is CNC(C)CN=NCC(C)NC.Cl.Cl. The van der Waals surface area contributed by atoms with Gasteiger partial charge in [-0.3, -0.25) is 0 Å². The molecular weight excluding hydrogens is 223 g/mol. The summed E-state index contributed by atoms with van der Waals surface area (Å²) in [5, 5.41) is 14.3. The third-order valence-electron chi connectivity index (χ3n) is 1.80. The molecule has 0 heterocycles. The Kier molecular flexibility index (Phi) is 18.4. The predicted octanol–water partition coefficient (Wildman–Crippen LogP) is 1.50. The van der Waals surface area contributed by atoms with Gasteiger partial charge in [0.15, 0.2) is 0 Å². The standard InChI is InChI=1S/C8H20N4.2ClH/c1-7(9-3)5-11-12-6-8(2)10-4;;/h7-10H,5-6H2,1-4H3;2*1H. The van der Waals surface area contributed by atoms with E-state index in [0.29, 0.717) is 12.1 Å². The predicted molar refractivity (Wildman–Crippen MR) is 66.1 cm³/mol. The fourth-order valence-electron chi connectivity index (χ4n) is 0.543. The Morgan fingerprint density at radius 2 is 1.14 bits per heavy atom. The van der Waals surface area contributed by atoms with Crippen LogP contribution in [0.4, 0.5) is 0 Å². The molecular formula is C8H22Cl2N4. The Morgan fingerprint density at radius 1 is 0.857 bits per heavy atom. The van der Waals surface area contributed by atoms with Crippen LogP contribution in [0.3, 0.4) is 0 Å². The smallest absolute Gasteiger partial charge is 0.0749 e. The zero-order valence-corrected chi connectivity index (χ0v) is 10.9. The molecule has 0 rings (SSSR count). The summed E-state index contributed by atoms with van der Waals surface area (Å²) in [4.78, 5) is 0. The van der Waals surface area contributed by atoms with E-state index in [1.165, 1.54) is 0 Å². The largest absolute Gasteiger partial charge is 0.315 e. The maximum Gasteiger partial charge on any atom is 0.0749 e. The van der Waals surface area contributed by atoms with Gasteiger partial charge in [-0.25, -0.2) is 0 Å². The van der Waals surface area contributed by atoms with Crippen molar-refractivity contribution in [1.29, 1.82) is 0 Å². The number of azo groups is 1. The molecule has 0 radical (unpaired) electrons. The highest BCUT2D eigenvalue weighted by atomic mass is 35.5. The van der Waals surface area contributed by atoms with E-state index in [2.05, 4.69) is 34.7 Å². The molecule has 0 aliphatic carbocycles. The van der Waals surface area contributed by atoms with Crippen molar-refractivity contribution >= 4 is 24.8 Å². The summed E-state index contributed by atoms with van der Waals surface area (Å²) in [5.74, 6) is 0. The molecule has 0 amide bonds. The molecule has 2 atom stereocenters. The molecule has 0 saturated heterocycles. The first-order valence-electron chi connectivity index (χ1n) is 4.38. The molecule has 2 unspecified atom stereocenters. The van der Waals surface area contributed by atoms with Crippen molar-refractivity contribution in [1.82, 2.24) is 10.6 Å². The first-order chi connectivity index (χ1) is 5.70. The van der Waals surface area contributed by atoms with Gasteiger partial charge >= 0.3 is 0 Å². The summed E-state index contributed by atoms with van der Waals surface area (Å²) in [5.41, 5.74) is 0. The zero-order chi connectivity index (χ0) is 9.40. The summed E-state index contributed by atoms with van der Waals surface area (Å²) in [6.45, 7) is 5.68. The second kappa shape index (κ2) is 13.1. The summed E-state index contributed by atoms with van der Waals surface area (Å²) in [6.07, 6.45) is 0. The molecule has 4 nitrogen and oxygen atoms in total. The van der Waals surface area contributed by atoms with Crippen LogP contribution in [0.2, 0.25) is 0 Å². The molecule has 14 heavy (non-hydrogen) atoms. The molecule has 0 bridgehead atoms. The minimum atomic E-state index is 0. The third-order valence-corrected chi connectivity index (χ3v) is 1.80. The minimum Gasteiger partial charge on any atom is -0.315 e. The minimum absolute atomic E-state index is 0. The monoisotopic (exact) mass is 244 g/mol. The number of hydrogen-bond donors (Lipinski definition) is 2. The van der Waals surface area contributed by atoms with Crippen LogP contribution in [0.1, 0.15) is 13.8 Å². The van der Waals surface area contributed by atoms with Gasteiger partial charge in [-0.2, -0.15) is 10.2 Å². The second-order valence-electron chi connectivity index (χ2n) is 3.03. The van der Waals surface area contributed by atoms with Crippen LogP contribution in [0.5, 0.6) is 0 Å². The third kappa shape index (κ3) is 12.1. The lowest BCUT2D eigenvalue weighted by Crippen LogP contribution is -2.25. The van der Waals surface area contributed by atoms with Gasteiger partial charge in [0, 0.05) is 12.1 Å². The van der Waals surface area contributed by atoms with E-state index in [9.17, 15) is 0 Å². The Balaban J connectivity index is -0.000000605. The average Bonchev–Trinajstić information content (AvgIpc) is 2.11. The molecule has 0 fully saturated rings. The van der Waals surface area contributed by atoms with E-state index in [0.717, 1.165) is 13.1 Å². The Bertz CT molecular complexity index is 119. The van der Waals surface area contributed by atoms with Crippen LogP contribution in [0.25, 0.3) is 0 Å². The first kappa shape index (κ1) is 19.6. The number of nitrogens with one attached hydrogen (secondary N) is 2. The van der Waals surface area contributed by atoms with Gasteiger partial charge in [-0.15, -0.1) is 24.8 Å².